The van der Waals surface area contributed by atoms with Crippen LogP contribution in [0.4, 0.5) is 0 Å². The van der Waals surface area contributed by atoms with Crippen molar-refractivity contribution < 1.29 is 9.53 Å². The molecule has 2 aromatic rings. The Bertz CT molecular complexity index is 625. The van der Waals surface area contributed by atoms with Crippen molar-refractivity contribution in [2.24, 2.45) is 0 Å². The van der Waals surface area contributed by atoms with Gasteiger partial charge in [0.15, 0.2) is 6.61 Å². The van der Waals surface area contributed by atoms with Crippen LogP contribution >= 0.6 is 11.6 Å². The van der Waals surface area contributed by atoms with Crippen LogP contribution in [-0.2, 0) is 11.3 Å². The first-order valence-electron chi connectivity index (χ1n) is 7.30. The van der Waals surface area contributed by atoms with Crippen LogP contribution in [0.3, 0.4) is 0 Å². The fourth-order valence-corrected chi connectivity index (χ4v) is 2.26. The summed E-state index contributed by atoms with van der Waals surface area (Å²) >= 11 is 5.82. The zero-order chi connectivity index (χ0) is 15.9. The van der Waals surface area contributed by atoms with Crippen molar-refractivity contribution in [3.8, 4) is 5.75 Å². The number of hydrogen-bond acceptors (Lipinski definition) is 2. The summed E-state index contributed by atoms with van der Waals surface area (Å²) in [5, 5.41) is 0.647. The molecule has 0 aliphatic rings. The molecule has 4 heteroatoms. The first-order chi connectivity index (χ1) is 10.6. The molecule has 2 aromatic carbocycles. The molecule has 0 bridgehead atoms. The number of halogens is 1. The summed E-state index contributed by atoms with van der Waals surface area (Å²) in [6, 6.07) is 15.1. The van der Waals surface area contributed by atoms with Crippen molar-refractivity contribution in [1.82, 2.24) is 4.90 Å². The molecule has 0 aliphatic heterocycles. The minimum Gasteiger partial charge on any atom is -0.484 e. The number of likely N-dealkylation sites (N-methyl/N-ethyl adjacent to an activating group) is 1. The van der Waals surface area contributed by atoms with Crippen LogP contribution in [-0.4, -0.2) is 24.0 Å². The average Bonchev–Trinajstić information content (AvgIpc) is 2.53. The van der Waals surface area contributed by atoms with Crippen molar-refractivity contribution in [3.63, 3.8) is 0 Å². The van der Waals surface area contributed by atoms with Gasteiger partial charge in [0.1, 0.15) is 5.75 Å². The van der Waals surface area contributed by atoms with Crippen LogP contribution < -0.4 is 4.74 Å². The van der Waals surface area contributed by atoms with Gasteiger partial charge < -0.3 is 9.64 Å². The monoisotopic (exact) mass is 317 g/mol. The predicted octanol–water partition coefficient (Wildman–Crippen LogP) is 4.08. The lowest BCUT2D eigenvalue weighted by Crippen LogP contribution is -2.34. The SMILES string of the molecule is CCN(Cc1ccccc1C)C(=O)COc1ccc(Cl)cc1. The molecule has 116 valence electrons. The van der Waals surface area contributed by atoms with Crippen molar-refractivity contribution in [2.75, 3.05) is 13.2 Å². The van der Waals surface area contributed by atoms with E-state index in [0.29, 0.717) is 23.9 Å². The van der Waals surface area contributed by atoms with Crippen LogP contribution in [0.25, 0.3) is 0 Å². The highest BCUT2D eigenvalue weighted by Crippen LogP contribution is 2.16. The van der Waals surface area contributed by atoms with Gasteiger partial charge in [-0.2, -0.15) is 0 Å². The highest BCUT2D eigenvalue weighted by atomic mass is 35.5. The number of ether oxygens (including phenoxy) is 1. The number of hydrogen-bond donors (Lipinski definition) is 0. The molecule has 0 N–H and O–H groups in total. The maximum Gasteiger partial charge on any atom is 0.260 e. The van der Waals surface area contributed by atoms with Crippen LogP contribution in [0.15, 0.2) is 48.5 Å². The second-order valence-electron chi connectivity index (χ2n) is 5.08. The van der Waals surface area contributed by atoms with Gasteiger partial charge in [0, 0.05) is 18.1 Å². The molecule has 0 aliphatic carbocycles. The standard InChI is InChI=1S/C18H20ClNO2/c1-3-20(12-15-7-5-4-6-14(15)2)18(21)13-22-17-10-8-16(19)9-11-17/h4-11H,3,12-13H2,1-2H3. The van der Waals surface area contributed by atoms with E-state index in [9.17, 15) is 4.79 Å². The Morgan fingerprint density at radius 1 is 1.14 bits per heavy atom. The van der Waals surface area contributed by atoms with Gasteiger partial charge in [-0.1, -0.05) is 35.9 Å². The maximum atomic E-state index is 12.3. The van der Waals surface area contributed by atoms with E-state index in [1.807, 2.05) is 25.1 Å². The third-order valence-electron chi connectivity index (χ3n) is 3.53. The highest BCUT2D eigenvalue weighted by Gasteiger charge is 2.13. The number of aryl methyl sites for hydroxylation is 1. The molecule has 0 saturated heterocycles. The molecule has 22 heavy (non-hydrogen) atoms. The average molecular weight is 318 g/mol. The van der Waals surface area contributed by atoms with Gasteiger partial charge in [-0.3, -0.25) is 4.79 Å². The van der Waals surface area contributed by atoms with Crippen LogP contribution in [0.2, 0.25) is 5.02 Å². The molecule has 0 aromatic heterocycles. The number of benzene rings is 2. The number of rotatable bonds is 6. The van der Waals surface area contributed by atoms with Crippen LogP contribution in [0.5, 0.6) is 5.75 Å². The fourth-order valence-electron chi connectivity index (χ4n) is 2.14. The topological polar surface area (TPSA) is 29.5 Å². The van der Waals surface area contributed by atoms with Gasteiger partial charge in [0.25, 0.3) is 5.91 Å². The molecule has 2 rings (SSSR count). The fraction of sp³-hybridized carbons (Fsp3) is 0.278. The van der Waals surface area contributed by atoms with E-state index in [0.717, 1.165) is 5.56 Å². The third kappa shape index (κ3) is 4.50. The Labute approximate surface area is 136 Å². The van der Waals surface area contributed by atoms with Gasteiger partial charge in [-0.05, 0) is 49.2 Å². The van der Waals surface area contributed by atoms with E-state index in [4.69, 9.17) is 16.3 Å². The molecule has 0 spiro atoms. The maximum absolute atomic E-state index is 12.3. The first kappa shape index (κ1) is 16.4. The normalized spacial score (nSPS) is 10.3. The zero-order valence-electron chi connectivity index (χ0n) is 12.9. The van der Waals surface area contributed by atoms with E-state index >= 15 is 0 Å². The molecule has 0 atom stereocenters. The van der Waals surface area contributed by atoms with Gasteiger partial charge in [0.05, 0.1) is 0 Å². The predicted molar refractivity (Wildman–Crippen MR) is 89.2 cm³/mol. The zero-order valence-corrected chi connectivity index (χ0v) is 13.6. The smallest absolute Gasteiger partial charge is 0.260 e. The quantitative estimate of drug-likeness (QED) is 0.803. The van der Waals surface area contributed by atoms with Crippen LogP contribution in [0, 0.1) is 6.92 Å². The minimum absolute atomic E-state index is 0.0271. The second-order valence-corrected chi connectivity index (χ2v) is 5.51. The number of nitrogens with zero attached hydrogens (tertiary/aromatic N) is 1. The molecule has 3 nitrogen and oxygen atoms in total. The Morgan fingerprint density at radius 3 is 2.45 bits per heavy atom. The van der Waals surface area contributed by atoms with E-state index < -0.39 is 0 Å². The van der Waals surface area contributed by atoms with Gasteiger partial charge in [0.2, 0.25) is 0 Å². The van der Waals surface area contributed by atoms with E-state index in [-0.39, 0.29) is 12.5 Å². The van der Waals surface area contributed by atoms with Crippen molar-refractivity contribution in [3.05, 3.63) is 64.7 Å². The largest absolute Gasteiger partial charge is 0.484 e. The highest BCUT2D eigenvalue weighted by molar-refractivity contribution is 6.30. The summed E-state index contributed by atoms with van der Waals surface area (Å²) in [7, 11) is 0. The minimum atomic E-state index is -0.0271. The lowest BCUT2D eigenvalue weighted by Gasteiger charge is -2.22. The molecule has 0 radical (unpaired) electrons. The molecule has 0 unspecified atom stereocenters. The molecule has 0 fully saturated rings. The van der Waals surface area contributed by atoms with Gasteiger partial charge in [-0.15, -0.1) is 0 Å². The second kappa shape index (κ2) is 7.85. The van der Waals surface area contributed by atoms with E-state index in [1.54, 1.807) is 29.2 Å². The molecular weight excluding hydrogens is 298 g/mol. The molecule has 0 saturated carbocycles. The number of amides is 1. The Kier molecular flexibility index (Phi) is 5.84. The van der Waals surface area contributed by atoms with Crippen molar-refractivity contribution >= 4 is 17.5 Å². The summed E-state index contributed by atoms with van der Waals surface area (Å²) in [4.78, 5) is 14.1. The Morgan fingerprint density at radius 2 is 1.82 bits per heavy atom. The summed E-state index contributed by atoms with van der Waals surface area (Å²) in [5.74, 6) is 0.616. The summed E-state index contributed by atoms with van der Waals surface area (Å²) < 4.78 is 5.52. The number of carbonyl (C=O) groups excluding carboxylic acids is 1. The summed E-state index contributed by atoms with van der Waals surface area (Å²) in [6.07, 6.45) is 0. The summed E-state index contributed by atoms with van der Waals surface area (Å²) in [6.45, 7) is 5.31. The lowest BCUT2D eigenvalue weighted by molar-refractivity contribution is -0.133. The first-order valence-corrected chi connectivity index (χ1v) is 7.68. The van der Waals surface area contributed by atoms with Crippen LogP contribution in [0.1, 0.15) is 18.1 Å². The Hall–Kier alpha value is -2.00. The molecule has 1 amide bonds. The van der Waals surface area contributed by atoms with Crippen molar-refractivity contribution in [1.29, 1.82) is 0 Å². The number of carbonyl (C=O) groups is 1. The van der Waals surface area contributed by atoms with E-state index in [2.05, 4.69) is 13.0 Å². The lowest BCUT2D eigenvalue weighted by atomic mass is 10.1. The van der Waals surface area contributed by atoms with Gasteiger partial charge in [-0.25, -0.2) is 0 Å². The van der Waals surface area contributed by atoms with Gasteiger partial charge >= 0.3 is 0 Å². The third-order valence-corrected chi connectivity index (χ3v) is 3.78. The molecule has 0 heterocycles. The summed E-state index contributed by atoms with van der Waals surface area (Å²) in [5.41, 5.74) is 2.34. The van der Waals surface area contributed by atoms with Crippen molar-refractivity contribution in [2.45, 2.75) is 20.4 Å². The van der Waals surface area contributed by atoms with E-state index in [1.165, 1.54) is 5.56 Å². The Balaban J connectivity index is 1.94. The molecular formula is C18H20ClNO2.